The maximum absolute atomic E-state index is 2.59. The van der Waals surface area contributed by atoms with Crippen LogP contribution in [0.15, 0.2) is 30.3 Å². The zero-order valence-electron chi connectivity index (χ0n) is 10.1. The van der Waals surface area contributed by atoms with E-state index in [4.69, 9.17) is 0 Å². The van der Waals surface area contributed by atoms with Crippen LogP contribution in [0.2, 0.25) is 0 Å². The highest BCUT2D eigenvalue weighted by molar-refractivity contribution is 5.85. The van der Waals surface area contributed by atoms with Crippen LogP contribution >= 0.6 is 0 Å². The monoisotopic (exact) mass is 223 g/mol. The van der Waals surface area contributed by atoms with E-state index in [0.717, 1.165) is 0 Å². The van der Waals surface area contributed by atoms with Crippen LogP contribution in [0.3, 0.4) is 0 Å². The van der Waals surface area contributed by atoms with Gasteiger partial charge in [0.2, 0.25) is 0 Å². The highest BCUT2D eigenvalue weighted by Gasteiger charge is 2.26. The first-order valence-electron chi connectivity index (χ1n) is 6.72. The van der Waals surface area contributed by atoms with Crippen molar-refractivity contribution in [3.63, 3.8) is 0 Å². The molecular formula is C16H17N. The van der Waals surface area contributed by atoms with Crippen LogP contribution in [0.1, 0.15) is 24.0 Å². The maximum atomic E-state index is 2.59. The van der Waals surface area contributed by atoms with Crippen LogP contribution < -0.4 is 4.90 Å². The quantitative estimate of drug-likeness (QED) is 0.715. The van der Waals surface area contributed by atoms with Crippen molar-refractivity contribution in [1.29, 1.82) is 0 Å². The van der Waals surface area contributed by atoms with Crippen LogP contribution in [0.4, 0.5) is 5.69 Å². The van der Waals surface area contributed by atoms with E-state index in [9.17, 15) is 0 Å². The van der Waals surface area contributed by atoms with Crippen LogP contribution in [0, 0.1) is 0 Å². The molecule has 4 rings (SSSR count). The van der Waals surface area contributed by atoms with Crippen molar-refractivity contribution in [2.45, 2.75) is 25.7 Å². The molecule has 0 spiro atoms. The molecular weight excluding hydrogens is 206 g/mol. The Bertz CT molecular complexity index is 538. The van der Waals surface area contributed by atoms with E-state index < -0.39 is 0 Å². The van der Waals surface area contributed by atoms with E-state index in [-0.39, 0.29) is 0 Å². The molecule has 17 heavy (non-hydrogen) atoms. The van der Waals surface area contributed by atoms with Gasteiger partial charge in [-0.1, -0.05) is 24.3 Å². The van der Waals surface area contributed by atoms with Crippen LogP contribution in [-0.4, -0.2) is 13.1 Å². The Kier molecular flexibility index (Phi) is 1.96. The summed E-state index contributed by atoms with van der Waals surface area (Å²) in [5.41, 5.74) is 7.69. The third-order valence-corrected chi connectivity index (χ3v) is 4.29. The minimum Gasteiger partial charge on any atom is -0.371 e. The molecule has 0 unspecified atom stereocenters. The first kappa shape index (κ1) is 9.52. The standard InChI is InChI=1S/C16H17N/c1-2-6-13-11-15(17-9-3-4-10-17)14-8-7-12(5-1)16(13)14/h1-2,5-6,11H,3-4,7-10H2. The van der Waals surface area contributed by atoms with Crippen molar-refractivity contribution in [3.05, 3.63) is 41.5 Å². The molecule has 1 heterocycles. The Hall–Kier alpha value is -1.50. The van der Waals surface area contributed by atoms with Gasteiger partial charge in [-0.3, -0.25) is 0 Å². The van der Waals surface area contributed by atoms with Gasteiger partial charge in [0.15, 0.2) is 0 Å². The fourth-order valence-corrected chi connectivity index (χ4v) is 3.50. The molecule has 0 bridgehead atoms. The summed E-state index contributed by atoms with van der Waals surface area (Å²) in [5, 5.41) is 0. The second kappa shape index (κ2) is 3.49. The molecule has 0 N–H and O–H groups in total. The summed E-state index contributed by atoms with van der Waals surface area (Å²) in [6.45, 7) is 2.51. The summed E-state index contributed by atoms with van der Waals surface area (Å²) >= 11 is 0. The van der Waals surface area contributed by atoms with E-state index in [1.165, 1.54) is 50.0 Å². The Morgan fingerprint density at radius 2 is 1.76 bits per heavy atom. The predicted molar refractivity (Wildman–Crippen MR) is 71.9 cm³/mol. The van der Waals surface area contributed by atoms with Gasteiger partial charge in [-0.15, -0.1) is 0 Å². The van der Waals surface area contributed by atoms with Gasteiger partial charge in [0.05, 0.1) is 0 Å². The fourth-order valence-electron chi connectivity index (χ4n) is 3.50. The number of aryl methyl sites for hydroxylation is 1. The molecule has 0 radical (unpaired) electrons. The van der Waals surface area contributed by atoms with Gasteiger partial charge in [0.1, 0.15) is 0 Å². The summed E-state index contributed by atoms with van der Waals surface area (Å²) in [7, 11) is 0. The van der Waals surface area contributed by atoms with E-state index in [2.05, 4.69) is 35.2 Å². The second-order valence-electron chi connectivity index (χ2n) is 5.28. The Labute approximate surface area is 102 Å². The topological polar surface area (TPSA) is 3.24 Å². The molecule has 0 atom stereocenters. The van der Waals surface area contributed by atoms with Gasteiger partial charge in [-0.2, -0.15) is 0 Å². The fraction of sp³-hybridized carbons (Fsp3) is 0.375. The lowest BCUT2D eigenvalue weighted by molar-refractivity contribution is 0.944. The molecule has 1 nitrogen and oxygen atoms in total. The van der Waals surface area contributed by atoms with E-state index in [0.29, 0.717) is 0 Å². The Balaban J connectivity index is 1.94. The summed E-state index contributed by atoms with van der Waals surface area (Å²) in [6.07, 6.45) is 5.20. The molecule has 0 aromatic rings. The lowest BCUT2D eigenvalue weighted by atomic mass is 10.1. The van der Waals surface area contributed by atoms with E-state index >= 15 is 0 Å². The van der Waals surface area contributed by atoms with Crippen LogP contribution in [0.5, 0.6) is 0 Å². The van der Waals surface area contributed by atoms with Gasteiger partial charge in [-0.05, 0) is 54.0 Å². The van der Waals surface area contributed by atoms with Gasteiger partial charge >= 0.3 is 0 Å². The summed E-state index contributed by atoms with van der Waals surface area (Å²) < 4.78 is 0. The predicted octanol–water partition coefficient (Wildman–Crippen LogP) is 3.49. The smallest absolute Gasteiger partial charge is 0.0411 e. The second-order valence-corrected chi connectivity index (χ2v) is 5.28. The highest BCUT2D eigenvalue weighted by Crippen LogP contribution is 2.44. The third-order valence-electron chi connectivity index (χ3n) is 4.29. The van der Waals surface area contributed by atoms with Crippen molar-refractivity contribution >= 4 is 5.69 Å². The molecule has 0 amide bonds. The molecule has 1 saturated heterocycles. The number of hydrogen-bond donors (Lipinski definition) is 0. The molecule has 3 aliphatic carbocycles. The largest absolute Gasteiger partial charge is 0.371 e. The van der Waals surface area contributed by atoms with E-state index in [1.54, 1.807) is 16.7 Å². The lowest BCUT2D eigenvalue weighted by Crippen LogP contribution is -2.17. The SMILES string of the molecule is c1ccc2c3c(c(N4CCCC4)cc-3c1)CC2. The summed E-state index contributed by atoms with van der Waals surface area (Å²) in [5.74, 6) is 0. The van der Waals surface area contributed by atoms with Gasteiger partial charge in [0, 0.05) is 18.8 Å². The zero-order valence-corrected chi connectivity index (χ0v) is 10.1. The maximum Gasteiger partial charge on any atom is 0.0411 e. The third kappa shape index (κ3) is 1.32. The number of anilines is 1. The van der Waals surface area contributed by atoms with Crippen molar-refractivity contribution in [2.24, 2.45) is 0 Å². The first-order valence-corrected chi connectivity index (χ1v) is 6.72. The number of hydrogen-bond acceptors (Lipinski definition) is 1. The minimum atomic E-state index is 1.23. The van der Waals surface area contributed by atoms with Crippen molar-refractivity contribution in [2.75, 3.05) is 18.0 Å². The number of rotatable bonds is 1. The molecule has 1 aliphatic heterocycles. The van der Waals surface area contributed by atoms with Crippen LogP contribution in [0.25, 0.3) is 11.1 Å². The highest BCUT2D eigenvalue weighted by atomic mass is 15.1. The summed E-state index contributed by atoms with van der Waals surface area (Å²) in [4.78, 5) is 2.59. The Morgan fingerprint density at radius 1 is 0.941 bits per heavy atom. The average Bonchev–Trinajstić information content (AvgIpc) is 3.00. The van der Waals surface area contributed by atoms with Gasteiger partial charge < -0.3 is 4.90 Å². The van der Waals surface area contributed by atoms with Crippen molar-refractivity contribution < 1.29 is 0 Å². The molecule has 0 aromatic heterocycles. The van der Waals surface area contributed by atoms with Gasteiger partial charge in [0.25, 0.3) is 0 Å². The summed E-state index contributed by atoms with van der Waals surface area (Å²) in [6, 6.07) is 11.3. The van der Waals surface area contributed by atoms with Crippen molar-refractivity contribution in [1.82, 2.24) is 0 Å². The van der Waals surface area contributed by atoms with Gasteiger partial charge in [-0.25, -0.2) is 0 Å². The zero-order chi connectivity index (χ0) is 11.2. The minimum absolute atomic E-state index is 1.23. The average molecular weight is 223 g/mol. The van der Waals surface area contributed by atoms with Crippen LogP contribution in [-0.2, 0) is 12.8 Å². The molecule has 86 valence electrons. The van der Waals surface area contributed by atoms with Crippen molar-refractivity contribution in [3.8, 4) is 11.1 Å². The molecule has 1 heteroatoms. The molecule has 4 aliphatic rings. The first-order chi connectivity index (χ1) is 8.43. The number of nitrogens with zero attached hydrogens (tertiary/aromatic N) is 1. The molecule has 1 fully saturated rings. The van der Waals surface area contributed by atoms with E-state index in [1.807, 2.05) is 0 Å². The Morgan fingerprint density at radius 3 is 2.65 bits per heavy atom. The molecule has 0 aromatic carbocycles. The molecule has 0 saturated carbocycles. The lowest BCUT2D eigenvalue weighted by Gasteiger charge is -2.17. The normalized spacial score (nSPS) is 18.2.